The average Bonchev–Trinajstić information content (AvgIpc) is 3.01. The number of benzene rings is 1. The Kier molecular flexibility index (Phi) is 5.24. The van der Waals surface area contributed by atoms with Gasteiger partial charge in [0.2, 0.25) is 0 Å². The highest BCUT2D eigenvalue weighted by atomic mass is 16.5. The zero-order valence-corrected chi connectivity index (χ0v) is 14.8. The zero-order valence-electron chi connectivity index (χ0n) is 14.8. The topological polar surface area (TPSA) is 77.1 Å². The van der Waals surface area contributed by atoms with Crippen LogP contribution in [-0.2, 0) is 9.47 Å². The quantitative estimate of drug-likeness (QED) is 0.821. The lowest BCUT2D eigenvalue weighted by Crippen LogP contribution is -2.45. The van der Waals surface area contributed by atoms with E-state index in [1.54, 1.807) is 12.1 Å². The van der Waals surface area contributed by atoms with E-state index < -0.39 is 5.97 Å². The molecule has 0 aromatic heterocycles. The molecule has 0 radical (unpaired) electrons. The molecule has 2 aliphatic rings. The summed E-state index contributed by atoms with van der Waals surface area (Å²) >= 11 is 0. The number of esters is 1. The number of carbonyl (C=O) groups is 2. The Morgan fingerprint density at radius 1 is 1.20 bits per heavy atom. The predicted octanol–water partition coefficient (Wildman–Crippen LogP) is 1.07. The summed E-state index contributed by atoms with van der Waals surface area (Å²) in [5.74, 6) is -0.279. The average molecular weight is 348 g/mol. The number of hydrogen-bond donors (Lipinski definition) is 1. The summed E-state index contributed by atoms with van der Waals surface area (Å²) in [5.41, 5.74) is 0.673. The van der Waals surface area contributed by atoms with Gasteiger partial charge in [-0.05, 0) is 31.5 Å². The first-order valence-electron chi connectivity index (χ1n) is 8.44. The number of rotatable bonds is 4. The molecule has 0 saturated carbocycles. The van der Waals surface area contributed by atoms with E-state index in [2.05, 4.69) is 17.1 Å². The minimum absolute atomic E-state index is 0.0687. The summed E-state index contributed by atoms with van der Waals surface area (Å²) in [6, 6.07) is 5.13. The second kappa shape index (κ2) is 7.41. The van der Waals surface area contributed by atoms with Gasteiger partial charge in [-0.15, -0.1) is 0 Å². The standard InChI is InChI=1S/C18H24N2O5/c1-11-8-20-9-14(7-15(20)10-25-11)19-17(21)12-4-13(18(22)24-3)6-16(5-12)23-2/h4-6,11,14-15H,7-10H2,1-3H3,(H,19,21)/t11-,14+,15-/m0/s1. The van der Waals surface area contributed by atoms with E-state index in [1.807, 2.05) is 0 Å². The first-order chi connectivity index (χ1) is 12.0. The Morgan fingerprint density at radius 3 is 2.68 bits per heavy atom. The molecule has 3 atom stereocenters. The molecule has 0 aliphatic carbocycles. The molecule has 2 fully saturated rings. The predicted molar refractivity (Wildman–Crippen MR) is 91.0 cm³/mol. The molecule has 2 aliphatic heterocycles. The van der Waals surface area contributed by atoms with Gasteiger partial charge in [-0.3, -0.25) is 9.69 Å². The highest BCUT2D eigenvalue weighted by molar-refractivity contribution is 5.98. The van der Waals surface area contributed by atoms with Crippen LogP contribution in [0.5, 0.6) is 5.75 Å². The van der Waals surface area contributed by atoms with Crippen LogP contribution in [0.2, 0.25) is 0 Å². The number of methoxy groups -OCH3 is 2. The van der Waals surface area contributed by atoms with Crippen molar-refractivity contribution in [2.75, 3.05) is 33.9 Å². The van der Waals surface area contributed by atoms with E-state index in [0.717, 1.165) is 19.5 Å². The van der Waals surface area contributed by atoms with Gasteiger partial charge < -0.3 is 19.5 Å². The molecule has 2 saturated heterocycles. The van der Waals surface area contributed by atoms with Crippen molar-refractivity contribution in [3.05, 3.63) is 29.3 Å². The monoisotopic (exact) mass is 348 g/mol. The van der Waals surface area contributed by atoms with E-state index in [1.165, 1.54) is 20.3 Å². The minimum atomic E-state index is -0.503. The maximum atomic E-state index is 12.6. The highest BCUT2D eigenvalue weighted by Crippen LogP contribution is 2.24. The van der Waals surface area contributed by atoms with Crippen LogP contribution in [0.15, 0.2) is 18.2 Å². The van der Waals surface area contributed by atoms with Gasteiger partial charge in [-0.2, -0.15) is 0 Å². The summed E-state index contributed by atoms with van der Waals surface area (Å²) in [6.07, 6.45) is 1.10. The molecular formula is C18H24N2O5. The number of hydrogen-bond acceptors (Lipinski definition) is 6. The first-order valence-corrected chi connectivity index (χ1v) is 8.44. The van der Waals surface area contributed by atoms with E-state index in [0.29, 0.717) is 24.0 Å². The van der Waals surface area contributed by atoms with Crippen molar-refractivity contribution in [1.29, 1.82) is 0 Å². The number of nitrogens with one attached hydrogen (secondary N) is 1. The van der Waals surface area contributed by atoms with E-state index in [9.17, 15) is 9.59 Å². The van der Waals surface area contributed by atoms with Gasteiger partial charge in [0.05, 0.1) is 32.5 Å². The van der Waals surface area contributed by atoms with E-state index in [-0.39, 0.29) is 23.6 Å². The molecule has 2 heterocycles. The zero-order chi connectivity index (χ0) is 18.0. The molecular weight excluding hydrogens is 324 g/mol. The van der Waals surface area contributed by atoms with Gasteiger partial charge in [-0.25, -0.2) is 4.79 Å². The van der Waals surface area contributed by atoms with Gasteiger partial charge in [0, 0.05) is 30.7 Å². The number of nitrogens with zero attached hydrogens (tertiary/aromatic N) is 1. The third kappa shape index (κ3) is 3.93. The highest BCUT2D eigenvalue weighted by Gasteiger charge is 2.36. The van der Waals surface area contributed by atoms with Crippen molar-refractivity contribution >= 4 is 11.9 Å². The fourth-order valence-corrected chi connectivity index (χ4v) is 3.50. The normalized spacial score (nSPS) is 26.0. The molecule has 1 amide bonds. The second-order valence-electron chi connectivity index (χ2n) is 6.60. The van der Waals surface area contributed by atoms with Crippen molar-refractivity contribution in [2.24, 2.45) is 0 Å². The third-order valence-corrected chi connectivity index (χ3v) is 4.75. The summed E-state index contributed by atoms with van der Waals surface area (Å²) in [7, 11) is 2.80. The van der Waals surface area contributed by atoms with Crippen LogP contribution >= 0.6 is 0 Å². The van der Waals surface area contributed by atoms with Crippen LogP contribution in [0.3, 0.4) is 0 Å². The summed E-state index contributed by atoms with van der Waals surface area (Å²) < 4.78 is 15.6. The van der Waals surface area contributed by atoms with Crippen molar-refractivity contribution in [3.8, 4) is 5.75 Å². The largest absolute Gasteiger partial charge is 0.497 e. The van der Waals surface area contributed by atoms with Crippen molar-refractivity contribution < 1.29 is 23.8 Å². The minimum Gasteiger partial charge on any atom is -0.497 e. The van der Waals surface area contributed by atoms with E-state index >= 15 is 0 Å². The van der Waals surface area contributed by atoms with Crippen molar-refractivity contribution in [3.63, 3.8) is 0 Å². The van der Waals surface area contributed by atoms with Crippen molar-refractivity contribution in [1.82, 2.24) is 10.2 Å². The Bertz CT molecular complexity index is 663. The number of amides is 1. The molecule has 0 unspecified atom stereocenters. The fraction of sp³-hybridized carbons (Fsp3) is 0.556. The van der Waals surface area contributed by atoms with Crippen LogP contribution in [0.1, 0.15) is 34.1 Å². The van der Waals surface area contributed by atoms with Gasteiger partial charge in [0.25, 0.3) is 5.91 Å². The van der Waals surface area contributed by atoms with Gasteiger partial charge >= 0.3 is 5.97 Å². The lowest BCUT2D eigenvalue weighted by molar-refractivity contribution is -0.0390. The van der Waals surface area contributed by atoms with Crippen LogP contribution in [0, 0.1) is 0 Å². The second-order valence-corrected chi connectivity index (χ2v) is 6.60. The fourth-order valence-electron chi connectivity index (χ4n) is 3.50. The van der Waals surface area contributed by atoms with Gasteiger partial charge in [0.1, 0.15) is 5.75 Å². The maximum Gasteiger partial charge on any atom is 0.338 e. The molecule has 0 spiro atoms. The number of fused-ring (bicyclic) bond motifs is 1. The van der Waals surface area contributed by atoms with Crippen LogP contribution < -0.4 is 10.1 Å². The summed E-state index contributed by atoms with van der Waals surface area (Å²) in [6.45, 7) is 4.48. The number of ether oxygens (including phenoxy) is 3. The molecule has 0 bridgehead atoms. The Morgan fingerprint density at radius 2 is 1.96 bits per heavy atom. The molecule has 1 aromatic carbocycles. The van der Waals surface area contributed by atoms with Crippen LogP contribution in [-0.4, -0.2) is 68.9 Å². The summed E-state index contributed by atoms with van der Waals surface area (Å²) in [4.78, 5) is 26.8. The van der Waals surface area contributed by atoms with Crippen molar-refractivity contribution in [2.45, 2.75) is 31.5 Å². The van der Waals surface area contributed by atoms with E-state index in [4.69, 9.17) is 14.2 Å². The first kappa shape index (κ1) is 17.7. The Labute approximate surface area is 147 Å². The molecule has 136 valence electrons. The van der Waals surface area contributed by atoms with Gasteiger partial charge in [-0.1, -0.05) is 0 Å². The summed E-state index contributed by atoms with van der Waals surface area (Å²) in [5, 5.41) is 3.06. The lowest BCUT2D eigenvalue weighted by atomic mass is 10.1. The number of morpholine rings is 1. The molecule has 7 heteroatoms. The Hall–Kier alpha value is -2.12. The lowest BCUT2D eigenvalue weighted by Gasteiger charge is -2.33. The van der Waals surface area contributed by atoms with Gasteiger partial charge in [0.15, 0.2) is 0 Å². The third-order valence-electron chi connectivity index (χ3n) is 4.75. The maximum absolute atomic E-state index is 12.6. The number of carbonyl (C=O) groups excluding carboxylic acids is 2. The van der Waals surface area contributed by atoms with Crippen LogP contribution in [0.25, 0.3) is 0 Å². The SMILES string of the molecule is COC(=O)c1cc(OC)cc(C(=O)N[C@@H]2C[C@H]3CO[C@@H](C)CN3C2)c1. The molecule has 3 rings (SSSR count). The molecule has 25 heavy (non-hydrogen) atoms. The Balaban J connectivity index is 1.70. The molecule has 1 N–H and O–H groups in total. The van der Waals surface area contributed by atoms with Crippen LogP contribution in [0.4, 0.5) is 0 Å². The molecule has 7 nitrogen and oxygen atoms in total. The molecule has 1 aromatic rings. The smallest absolute Gasteiger partial charge is 0.338 e.